The van der Waals surface area contributed by atoms with Crippen LogP contribution in [0, 0.1) is 20.8 Å². The van der Waals surface area contributed by atoms with E-state index in [0.29, 0.717) is 10.8 Å². The van der Waals surface area contributed by atoms with E-state index in [0.717, 1.165) is 22.5 Å². The Morgan fingerprint density at radius 3 is 2.32 bits per heavy atom. The summed E-state index contributed by atoms with van der Waals surface area (Å²) in [5.74, 6) is 0.597. The molecule has 0 spiro atoms. The van der Waals surface area contributed by atoms with Gasteiger partial charge in [-0.15, -0.1) is 5.10 Å². The molecule has 0 aliphatic rings. The van der Waals surface area contributed by atoms with E-state index in [1.165, 1.54) is 5.56 Å². The summed E-state index contributed by atoms with van der Waals surface area (Å²) in [4.78, 5) is 0.324. The number of aromatic nitrogens is 2. The van der Waals surface area contributed by atoms with Gasteiger partial charge in [-0.2, -0.15) is 5.10 Å². The highest BCUT2D eigenvalue weighted by Gasteiger charge is 2.13. The molecule has 0 saturated carbocycles. The van der Waals surface area contributed by atoms with Crippen molar-refractivity contribution < 1.29 is 0 Å². The van der Waals surface area contributed by atoms with Gasteiger partial charge in [0, 0.05) is 5.69 Å². The Labute approximate surface area is 118 Å². The molecule has 0 fully saturated rings. The first kappa shape index (κ1) is 13.4. The van der Waals surface area contributed by atoms with Crippen LogP contribution >= 0.6 is 12.2 Å². The molecule has 1 heterocycles. The Morgan fingerprint density at radius 1 is 1.11 bits per heavy atom. The van der Waals surface area contributed by atoms with Gasteiger partial charge in [0.25, 0.3) is 0 Å². The van der Waals surface area contributed by atoms with Gasteiger partial charge in [-0.25, -0.2) is 0 Å². The second-order valence-corrected chi connectivity index (χ2v) is 4.93. The molecule has 98 valence electrons. The van der Waals surface area contributed by atoms with E-state index in [2.05, 4.69) is 15.5 Å². The zero-order valence-corrected chi connectivity index (χ0v) is 12.0. The van der Waals surface area contributed by atoms with Gasteiger partial charge in [-0.05, 0) is 38.5 Å². The van der Waals surface area contributed by atoms with Crippen LogP contribution in [-0.4, -0.2) is 15.2 Å². The molecule has 0 amide bonds. The molecule has 0 radical (unpaired) electrons. The summed E-state index contributed by atoms with van der Waals surface area (Å²) >= 11 is 5.10. The Bertz CT molecular complexity index is 620. The van der Waals surface area contributed by atoms with Gasteiger partial charge < -0.3 is 11.1 Å². The van der Waals surface area contributed by atoms with Crippen LogP contribution in [0.4, 0.5) is 11.5 Å². The second-order valence-electron chi connectivity index (χ2n) is 4.49. The van der Waals surface area contributed by atoms with E-state index in [1.54, 1.807) is 0 Å². The SMILES string of the molecule is Cc1ccc(Nc2nnc(C)c(C)c2C(N)=S)cc1. The van der Waals surface area contributed by atoms with Crippen LogP contribution in [0.1, 0.15) is 22.4 Å². The molecule has 0 unspecified atom stereocenters. The van der Waals surface area contributed by atoms with Crippen LogP contribution in [0.2, 0.25) is 0 Å². The lowest BCUT2D eigenvalue weighted by Crippen LogP contribution is -2.16. The summed E-state index contributed by atoms with van der Waals surface area (Å²) in [7, 11) is 0. The predicted octanol–water partition coefficient (Wildman–Crippen LogP) is 2.78. The molecule has 19 heavy (non-hydrogen) atoms. The molecular formula is C14H16N4S. The molecular weight excluding hydrogens is 256 g/mol. The standard InChI is InChI=1S/C14H16N4S/c1-8-4-6-11(7-5-8)16-14-12(13(15)19)9(2)10(3)17-18-14/h4-7H,1-3H3,(H2,15,19)(H,16,18). The minimum atomic E-state index is 0.324. The number of nitrogens with one attached hydrogen (secondary N) is 1. The highest BCUT2D eigenvalue weighted by atomic mass is 32.1. The lowest BCUT2D eigenvalue weighted by Gasteiger charge is -2.13. The number of nitrogens with two attached hydrogens (primary N) is 1. The van der Waals surface area contributed by atoms with Crippen molar-refractivity contribution >= 4 is 28.7 Å². The van der Waals surface area contributed by atoms with E-state index >= 15 is 0 Å². The first-order valence-corrected chi connectivity index (χ1v) is 6.37. The average Bonchev–Trinajstić information content (AvgIpc) is 2.36. The Hall–Kier alpha value is -2.01. The number of anilines is 2. The molecule has 1 aromatic heterocycles. The van der Waals surface area contributed by atoms with E-state index in [-0.39, 0.29) is 0 Å². The summed E-state index contributed by atoms with van der Waals surface area (Å²) in [5, 5.41) is 11.5. The zero-order valence-electron chi connectivity index (χ0n) is 11.2. The van der Waals surface area contributed by atoms with Crippen molar-refractivity contribution in [1.29, 1.82) is 0 Å². The molecule has 1 aromatic carbocycles. The minimum absolute atomic E-state index is 0.324. The molecule has 0 aliphatic heterocycles. The van der Waals surface area contributed by atoms with Crippen molar-refractivity contribution in [3.63, 3.8) is 0 Å². The third-order valence-electron chi connectivity index (χ3n) is 3.02. The molecule has 4 nitrogen and oxygen atoms in total. The fourth-order valence-electron chi connectivity index (χ4n) is 1.77. The maximum Gasteiger partial charge on any atom is 0.163 e. The summed E-state index contributed by atoms with van der Waals surface area (Å²) in [6.45, 7) is 5.87. The van der Waals surface area contributed by atoms with Gasteiger partial charge in [-0.3, -0.25) is 0 Å². The predicted molar refractivity (Wildman–Crippen MR) is 81.9 cm³/mol. The normalized spacial score (nSPS) is 10.3. The Kier molecular flexibility index (Phi) is 3.76. The topological polar surface area (TPSA) is 63.8 Å². The van der Waals surface area contributed by atoms with Crippen molar-refractivity contribution in [2.45, 2.75) is 20.8 Å². The molecule has 0 aliphatic carbocycles. The Morgan fingerprint density at radius 2 is 1.74 bits per heavy atom. The highest BCUT2D eigenvalue weighted by Crippen LogP contribution is 2.22. The molecule has 2 rings (SSSR count). The summed E-state index contributed by atoms with van der Waals surface area (Å²) in [6.07, 6.45) is 0. The lowest BCUT2D eigenvalue weighted by molar-refractivity contribution is 0.963. The van der Waals surface area contributed by atoms with Gasteiger partial charge in [0.15, 0.2) is 5.82 Å². The number of nitrogens with zero attached hydrogens (tertiary/aromatic N) is 2. The van der Waals surface area contributed by atoms with Gasteiger partial charge >= 0.3 is 0 Å². The molecule has 0 saturated heterocycles. The third-order valence-corrected chi connectivity index (χ3v) is 3.22. The minimum Gasteiger partial charge on any atom is -0.389 e. The van der Waals surface area contributed by atoms with Gasteiger partial charge in [0.1, 0.15) is 4.99 Å². The summed E-state index contributed by atoms with van der Waals surface area (Å²) in [6, 6.07) is 8.01. The number of rotatable bonds is 3. The number of aryl methyl sites for hydroxylation is 2. The van der Waals surface area contributed by atoms with Gasteiger partial charge in [0.2, 0.25) is 0 Å². The molecule has 5 heteroatoms. The van der Waals surface area contributed by atoms with Gasteiger partial charge in [-0.1, -0.05) is 29.9 Å². The molecule has 0 bridgehead atoms. The van der Waals surface area contributed by atoms with Gasteiger partial charge in [0.05, 0.1) is 11.3 Å². The maximum absolute atomic E-state index is 5.79. The van der Waals surface area contributed by atoms with Crippen LogP contribution < -0.4 is 11.1 Å². The fraction of sp³-hybridized carbons (Fsp3) is 0.214. The zero-order chi connectivity index (χ0) is 14.0. The third kappa shape index (κ3) is 2.88. The van der Waals surface area contributed by atoms with Crippen molar-refractivity contribution in [2.24, 2.45) is 5.73 Å². The second kappa shape index (κ2) is 5.32. The monoisotopic (exact) mass is 272 g/mol. The first-order valence-electron chi connectivity index (χ1n) is 5.96. The van der Waals surface area contributed by atoms with Crippen LogP contribution in [0.25, 0.3) is 0 Å². The largest absolute Gasteiger partial charge is 0.389 e. The van der Waals surface area contributed by atoms with E-state index < -0.39 is 0 Å². The summed E-state index contributed by atoms with van der Waals surface area (Å²) < 4.78 is 0. The lowest BCUT2D eigenvalue weighted by atomic mass is 10.1. The quantitative estimate of drug-likeness (QED) is 0.841. The van der Waals surface area contributed by atoms with E-state index in [4.69, 9.17) is 18.0 Å². The smallest absolute Gasteiger partial charge is 0.163 e. The Balaban J connectivity index is 2.42. The van der Waals surface area contributed by atoms with Crippen LogP contribution in [-0.2, 0) is 0 Å². The van der Waals surface area contributed by atoms with Crippen molar-refractivity contribution in [1.82, 2.24) is 10.2 Å². The molecule has 3 N–H and O–H groups in total. The van der Waals surface area contributed by atoms with E-state index in [1.807, 2.05) is 45.0 Å². The van der Waals surface area contributed by atoms with E-state index in [9.17, 15) is 0 Å². The average molecular weight is 272 g/mol. The number of hydrogen-bond acceptors (Lipinski definition) is 4. The molecule has 0 atom stereocenters. The van der Waals surface area contributed by atoms with Crippen molar-refractivity contribution in [3.05, 3.63) is 46.6 Å². The van der Waals surface area contributed by atoms with Crippen molar-refractivity contribution in [3.8, 4) is 0 Å². The first-order chi connectivity index (χ1) is 8.99. The maximum atomic E-state index is 5.79. The highest BCUT2D eigenvalue weighted by molar-refractivity contribution is 7.80. The van der Waals surface area contributed by atoms with Crippen LogP contribution in [0.15, 0.2) is 24.3 Å². The molecule has 2 aromatic rings. The fourth-order valence-corrected chi connectivity index (χ4v) is 2.02. The number of benzene rings is 1. The number of hydrogen-bond donors (Lipinski definition) is 2. The number of thiocarbonyl (C=S) groups is 1. The summed E-state index contributed by atoms with van der Waals surface area (Å²) in [5.41, 5.74) is 10.5. The van der Waals surface area contributed by atoms with Crippen molar-refractivity contribution in [2.75, 3.05) is 5.32 Å². The van der Waals surface area contributed by atoms with Crippen LogP contribution in [0.5, 0.6) is 0 Å². The van der Waals surface area contributed by atoms with Crippen LogP contribution in [0.3, 0.4) is 0 Å².